The fourth-order valence-electron chi connectivity index (χ4n) is 2.36. The SMILES string of the molecule is Fc1ccc(-c2cnc(Oc3ccc(-n4ccnc4)cc3)nc2)cc1. The van der Waals surface area contributed by atoms with Crippen LogP contribution in [0.15, 0.2) is 79.6 Å². The van der Waals surface area contributed by atoms with E-state index < -0.39 is 0 Å². The molecule has 0 aliphatic carbocycles. The first-order chi connectivity index (χ1) is 12.3. The van der Waals surface area contributed by atoms with Crippen LogP contribution in [-0.2, 0) is 0 Å². The standard InChI is InChI=1S/C19H13FN4O/c20-16-3-1-14(2-4-16)15-11-22-19(23-12-15)25-18-7-5-17(6-8-18)24-10-9-21-13-24/h1-13H. The largest absolute Gasteiger partial charge is 0.424 e. The molecule has 2 aromatic carbocycles. The maximum atomic E-state index is 13.0. The number of aromatic nitrogens is 4. The molecule has 0 amide bonds. The molecular formula is C19H13FN4O. The summed E-state index contributed by atoms with van der Waals surface area (Å²) < 4.78 is 20.5. The summed E-state index contributed by atoms with van der Waals surface area (Å²) in [4.78, 5) is 12.4. The maximum absolute atomic E-state index is 13.0. The second-order valence-corrected chi connectivity index (χ2v) is 5.33. The molecule has 0 saturated heterocycles. The molecule has 0 radical (unpaired) electrons. The average molecular weight is 332 g/mol. The lowest BCUT2D eigenvalue weighted by molar-refractivity contribution is 0.442. The Morgan fingerprint density at radius 1 is 0.840 bits per heavy atom. The normalized spacial score (nSPS) is 10.6. The van der Waals surface area contributed by atoms with Crippen molar-refractivity contribution in [2.24, 2.45) is 0 Å². The van der Waals surface area contributed by atoms with Gasteiger partial charge in [-0.25, -0.2) is 19.3 Å². The van der Waals surface area contributed by atoms with Gasteiger partial charge in [0.2, 0.25) is 0 Å². The Morgan fingerprint density at radius 3 is 2.20 bits per heavy atom. The van der Waals surface area contributed by atoms with Gasteiger partial charge in [0.1, 0.15) is 11.6 Å². The molecule has 4 rings (SSSR count). The van der Waals surface area contributed by atoms with Crippen molar-refractivity contribution < 1.29 is 9.13 Å². The van der Waals surface area contributed by atoms with E-state index in [4.69, 9.17) is 4.74 Å². The van der Waals surface area contributed by atoms with Crippen molar-refractivity contribution in [1.29, 1.82) is 0 Å². The first-order valence-corrected chi connectivity index (χ1v) is 7.62. The molecule has 0 atom stereocenters. The van der Waals surface area contributed by atoms with Gasteiger partial charge in [-0.05, 0) is 42.0 Å². The van der Waals surface area contributed by atoms with Crippen molar-refractivity contribution in [3.05, 3.63) is 85.5 Å². The summed E-state index contributed by atoms with van der Waals surface area (Å²) in [7, 11) is 0. The Kier molecular flexibility index (Phi) is 3.92. The van der Waals surface area contributed by atoms with E-state index in [0.29, 0.717) is 5.75 Å². The highest BCUT2D eigenvalue weighted by atomic mass is 19.1. The van der Waals surface area contributed by atoms with E-state index in [-0.39, 0.29) is 11.8 Å². The Labute approximate surface area is 143 Å². The van der Waals surface area contributed by atoms with Crippen LogP contribution in [0, 0.1) is 5.82 Å². The molecule has 2 aromatic heterocycles. The first kappa shape index (κ1) is 15.0. The minimum atomic E-state index is -0.274. The van der Waals surface area contributed by atoms with Gasteiger partial charge in [-0.1, -0.05) is 12.1 Å². The first-order valence-electron chi connectivity index (χ1n) is 7.62. The number of nitrogens with zero attached hydrogens (tertiary/aromatic N) is 4. The summed E-state index contributed by atoms with van der Waals surface area (Å²) >= 11 is 0. The summed E-state index contributed by atoms with van der Waals surface area (Å²) in [6.07, 6.45) is 8.62. The number of ether oxygens (including phenoxy) is 1. The number of rotatable bonds is 4. The number of hydrogen-bond acceptors (Lipinski definition) is 4. The van der Waals surface area contributed by atoms with Crippen LogP contribution in [0.1, 0.15) is 0 Å². The van der Waals surface area contributed by atoms with Crippen LogP contribution in [0.5, 0.6) is 11.8 Å². The Balaban J connectivity index is 1.48. The van der Waals surface area contributed by atoms with Gasteiger partial charge in [0.15, 0.2) is 0 Å². The molecule has 0 aliphatic rings. The van der Waals surface area contributed by atoms with Crippen LogP contribution in [0.3, 0.4) is 0 Å². The number of benzene rings is 2. The van der Waals surface area contributed by atoms with Crippen molar-refractivity contribution in [2.45, 2.75) is 0 Å². The summed E-state index contributed by atoms with van der Waals surface area (Å²) in [5, 5.41) is 0. The molecule has 2 heterocycles. The van der Waals surface area contributed by atoms with Crippen molar-refractivity contribution in [3.8, 4) is 28.6 Å². The zero-order valence-corrected chi connectivity index (χ0v) is 13.1. The Hall–Kier alpha value is -3.54. The molecule has 0 N–H and O–H groups in total. The molecule has 0 fully saturated rings. The highest BCUT2D eigenvalue weighted by molar-refractivity contribution is 5.61. The predicted octanol–water partition coefficient (Wildman–Crippen LogP) is 4.26. The van der Waals surface area contributed by atoms with Crippen LogP contribution in [0.4, 0.5) is 4.39 Å². The minimum Gasteiger partial charge on any atom is -0.424 e. The molecule has 0 unspecified atom stereocenters. The zero-order chi connectivity index (χ0) is 17.1. The predicted molar refractivity (Wildman–Crippen MR) is 91.1 cm³/mol. The monoisotopic (exact) mass is 332 g/mol. The second-order valence-electron chi connectivity index (χ2n) is 5.33. The van der Waals surface area contributed by atoms with Crippen LogP contribution in [0.2, 0.25) is 0 Å². The third-order valence-corrected chi connectivity index (χ3v) is 3.65. The topological polar surface area (TPSA) is 52.8 Å². The van der Waals surface area contributed by atoms with E-state index in [1.807, 2.05) is 35.0 Å². The summed E-state index contributed by atoms with van der Waals surface area (Å²) in [5.74, 6) is 0.363. The van der Waals surface area contributed by atoms with Gasteiger partial charge in [0.05, 0.1) is 6.33 Å². The number of halogens is 1. The summed E-state index contributed by atoms with van der Waals surface area (Å²) in [6, 6.07) is 13.9. The van der Waals surface area contributed by atoms with E-state index in [9.17, 15) is 4.39 Å². The van der Waals surface area contributed by atoms with Crippen LogP contribution in [-0.4, -0.2) is 19.5 Å². The fraction of sp³-hybridized carbons (Fsp3) is 0. The van der Waals surface area contributed by atoms with E-state index >= 15 is 0 Å². The second kappa shape index (κ2) is 6.52. The van der Waals surface area contributed by atoms with Crippen molar-refractivity contribution in [2.75, 3.05) is 0 Å². The quantitative estimate of drug-likeness (QED) is 0.560. The molecular weight excluding hydrogens is 319 g/mol. The van der Waals surface area contributed by atoms with Gasteiger partial charge < -0.3 is 9.30 Å². The third-order valence-electron chi connectivity index (χ3n) is 3.65. The Morgan fingerprint density at radius 2 is 1.56 bits per heavy atom. The zero-order valence-electron chi connectivity index (χ0n) is 13.1. The molecule has 0 spiro atoms. The molecule has 25 heavy (non-hydrogen) atoms. The van der Waals surface area contributed by atoms with Gasteiger partial charge in [-0.2, -0.15) is 0 Å². The van der Waals surface area contributed by atoms with Crippen molar-refractivity contribution in [1.82, 2.24) is 19.5 Å². The van der Waals surface area contributed by atoms with E-state index in [0.717, 1.165) is 16.8 Å². The van der Waals surface area contributed by atoms with Crippen molar-refractivity contribution >= 4 is 0 Å². The summed E-state index contributed by atoms with van der Waals surface area (Å²) in [6.45, 7) is 0. The summed E-state index contributed by atoms with van der Waals surface area (Å²) in [5.41, 5.74) is 2.62. The average Bonchev–Trinajstić information content (AvgIpc) is 3.19. The Bertz CT molecular complexity index is 950. The molecule has 6 heteroatoms. The van der Waals surface area contributed by atoms with Crippen LogP contribution < -0.4 is 4.74 Å². The fourth-order valence-corrected chi connectivity index (χ4v) is 2.36. The van der Waals surface area contributed by atoms with Gasteiger partial charge in [0.25, 0.3) is 0 Å². The lowest BCUT2D eigenvalue weighted by atomic mass is 10.1. The van der Waals surface area contributed by atoms with E-state index in [1.165, 1.54) is 12.1 Å². The molecule has 5 nitrogen and oxygen atoms in total. The number of hydrogen-bond donors (Lipinski definition) is 0. The van der Waals surface area contributed by atoms with Crippen LogP contribution >= 0.6 is 0 Å². The van der Waals surface area contributed by atoms with Gasteiger partial charge >= 0.3 is 6.01 Å². The third kappa shape index (κ3) is 3.37. The molecule has 4 aromatic rings. The lowest BCUT2D eigenvalue weighted by Crippen LogP contribution is -1.93. The molecule has 122 valence electrons. The smallest absolute Gasteiger partial charge is 0.321 e. The van der Waals surface area contributed by atoms with Gasteiger partial charge in [0, 0.05) is 36.0 Å². The number of imidazole rings is 1. The highest BCUT2D eigenvalue weighted by Crippen LogP contribution is 2.22. The van der Waals surface area contributed by atoms with E-state index in [1.54, 1.807) is 37.1 Å². The molecule has 0 saturated carbocycles. The molecule has 0 bridgehead atoms. The van der Waals surface area contributed by atoms with Crippen molar-refractivity contribution in [3.63, 3.8) is 0 Å². The van der Waals surface area contributed by atoms with Gasteiger partial charge in [-0.15, -0.1) is 0 Å². The molecule has 0 aliphatic heterocycles. The van der Waals surface area contributed by atoms with Gasteiger partial charge in [-0.3, -0.25) is 0 Å². The minimum absolute atomic E-state index is 0.251. The van der Waals surface area contributed by atoms with E-state index in [2.05, 4.69) is 15.0 Å². The highest BCUT2D eigenvalue weighted by Gasteiger charge is 2.04. The lowest BCUT2D eigenvalue weighted by Gasteiger charge is -2.06. The maximum Gasteiger partial charge on any atom is 0.321 e. The van der Waals surface area contributed by atoms with Crippen LogP contribution in [0.25, 0.3) is 16.8 Å².